The average Bonchev–Trinajstić information content (AvgIpc) is 2.79. The second kappa shape index (κ2) is 5.83. The van der Waals surface area contributed by atoms with Crippen molar-refractivity contribution >= 4 is 11.8 Å². The minimum Gasteiger partial charge on any atom is -0.310 e. The van der Waals surface area contributed by atoms with Crippen LogP contribution in [0.5, 0.6) is 0 Å². The van der Waals surface area contributed by atoms with Crippen LogP contribution in [0.3, 0.4) is 0 Å². The van der Waals surface area contributed by atoms with Crippen LogP contribution in [0.1, 0.15) is 37.2 Å². The molecule has 0 radical (unpaired) electrons. The fourth-order valence-electron chi connectivity index (χ4n) is 2.49. The van der Waals surface area contributed by atoms with E-state index in [-0.39, 0.29) is 0 Å². The highest BCUT2D eigenvalue weighted by atomic mass is 32.2. The molecular formula is C13H21N3S. The summed E-state index contributed by atoms with van der Waals surface area (Å²) in [7, 11) is 0. The number of aryl methyl sites for hydroxylation is 1. The van der Waals surface area contributed by atoms with Crippen molar-refractivity contribution in [3.05, 3.63) is 23.8 Å². The van der Waals surface area contributed by atoms with Crippen molar-refractivity contribution < 1.29 is 0 Å². The highest BCUT2D eigenvalue weighted by molar-refractivity contribution is 8.00. The Bertz CT molecular complexity index is 361. The summed E-state index contributed by atoms with van der Waals surface area (Å²) in [4.78, 5) is 8.52. The van der Waals surface area contributed by atoms with Crippen molar-refractivity contribution in [2.24, 2.45) is 0 Å². The van der Waals surface area contributed by atoms with Crippen molar-refractivity contribution in [3.63, 3.8) is 0 Å². The lowest BCUT2D eigenvalue weighted by molar-refractivity contribution is 0.530. The van der Waals surface area contributed by atoms with E-state index in [1.54, 1.807) is 0 Å². The lowest BCUT2D eigenvalue weighted by atomic mass is 10.1. The zero-order valence-corrected chi connectivity index (χ0v) is 11.5. The predicted octanol–water partition coefficient (Wildman–Crippen LogP) is 2.55. The molecule has 1 aliphatic rings. The van der Waals surface area contributed by atoms with E-state index in [4.69, 9.17) is 0 Å². The number of nitrogens with one attached hydrogen (secondary N) is 1. The molecule has 1 saturated carbocycles. The summed E-state index contributed by atoms with van der Waals surface area (Å²) in [5.41, 5.74) is 1.09. The van der Waals surface area contributed by atoms with E-state index < -0.39 is 0 Å². The molecule has 0 aliphatic heterocycles. The molecule has 0 unspecified atom stereocenters. The molecule has 0 spiro atoms. The average molecular weight is 251 g/mol. The van der Waals surface area contributed by atoms with Gasteiger partial charge in [0.15, 0.2) is 0 Å². The topological polar surface area (TPSA) is 37.8 Å². The van der Waals surface area contributed by atoms with Crippen LogP contribution in [0.2, 0.25) is 0 Å². The van der Waals surface area contributed by atoms with Gasteiger partial charge in [-0.2, -0.15) is 11.8 Å². The van der Waals surface area contributed by atoms with Crippen LogP contribution in [-0.4, -0.2) is 27.5 Å². The van der Waals surface area contributed by atoms with Gasteiger partial charge in [-0.05, 0) is 32.1 Å². The first-order valence-corrected chi connectivity index (χ1v) is 7.51. The Morgan fingerprint density at radius 1 is 1.41 bits per heavy atom. The van der Waals surface area contributed by atoms with Crippen LogP contribution in [0.4, 0.5) is 0 Å². The summed E-state index contributed by atoms with van der Waals surface area (Å²) in [6.45, 7) is 3.88. The Morgan fingerprint density at radius 3 is 2.82 bits per heavy atom. The summed E-state index contributed by atoms with van der Waals surface area (Å²) in [6, 6.07) is 1.99. The Hall–Kier alpha value is -0.610. The highest BCUT2D eigenvalue weighted by Gasteiger charge is 2.32. The van der Waals surface area contributed by atoms with Gasteiger partial charge in [0.25, 0.3) is 0 Å². The first kappa shape index (κ1) is 12.8. The zero-order valence-electron chi connectivity index (χ0n) is 10.7. The van der Waals surface area contributed by atoms with Crippen molar-refractivity contribution in [1.82, 2.24) is 15.3 Å². The molecule has 1 aliphatic carbocycles. The molecule has 3 nitrogen and oxygen atoms in total. The quantitative estimate of drug-likeness (QED) is 0.873. The molecule has 94 valence electrons. The summed E-state index contributed by atoms with van der Waals surface area (Å²) in [6.07, 6.45) is 9.54. The van der Waals surface area contributed by atoms with Crippen molar-refractivity contribution in [2.45, 2.75) is 43.9 Å². The normalized spacial score (nSPS) is 18.5. The minimum atomic E-state index is 0.474. The van der Waals surface area contributed by atoms with Crippen LogP contribution in [0.15, 0.2) is 12.3 Å². The lowest BCUT2D eigenvalue weighted by Gasteiger charge is -2.27. The van der Waals surface area contributed by atoms with E-state index in [0.717, 1.165) is 24.6 Å². The van der Waals surface area contributed by atoms with Crippen molar-refractivity contribution in [3.8, 4) is 0 Å². The number of hydrogen-bond donors (Lipinski definition) is 1. The largest absolute Gasteiger partial charge is 0.310 e. The molecule has 0 amide bonds. The Morgan fingerprint density at radius 2 is 2.18 bits per heavy atom. The monoisotopic (exact) mass is 251 g/mol. The van der Waals surface area contributed by atoms with Gasteiger partial charge < -0.3 is 5.32 Å². The number of nitrogens with zero attached hydrogens (tertiary/aromatic N) is 2. The van der Waals surface area contributed by atoms with Crippen LogP contribution in [0, 0.1) is 6.92 Å². The third-order valence-electron chi connectivity index (χ3n) is 3.53. The molecule has 2 rings (SSSR count). The number of hydrogen-bond acceptors (Lipinski definition) is 4. The summed E-state index contributed by atoms with van der Waals surface area (Å²) >= 11 is 2.02. The maximum absolute atomic E-state index is 4.41. The summed E-state index contributed by atoms with van der Waals surface area (Å²) < 4.78 is 0.474. The van der Waals surface area contributed by atoms with Gasteiger partial charge in [0.1, 0.15) is 5.82 Å². The minimum absolute atomic E-state index is 0.474. The number of thioether (sulfide) groups is 1. The molecule has 0 atom stereocenters. The molecule has 0 saturated heterocycles. The Labute approximate surface area is 108 Å². The van der Waals surface area contributed by atoms with Crippen LogP contribution < -0.4 is 5.32 Å². The maximum atomic E-state index is 4.41. The van der Waals surface area contributed by atoms with E-state index in [0.29, 0.717) is 4.75 Å². The number of aromatic nitrogens is 2. The van der Waals surface area contributed by atoms with E-state index >= 15 is 0 Å². The second-order valence-electron chi connectivity index (χ2n) is 4.79. The van der Waals surface area contributed by atoms with E-state index in [2.05, 4.69) is 21.5 Å². The van der Waals surface area contributed by atoms with Gasteiger partial charge in [-0.3, -0.25) is 0 Å². The molecule has 17 heavy (non-hydrogen) atoms. The van der Waals surface area contributed by atoms with Gasteiger partial charge >= 0.3 is 0 Å². The molecular weight excluding hydrogens is 230 g/mol. The van der Waals surface area contributed by atoms with Gasteiger partial charge in [0.2, 0.25) is 0 Å². The predicted molar refractivity (Wildman–Crippen MR) is 73.2 cm³/mol. The highest BCUT2D eigenvalue weighted by Crippen LogP contribution is 2.39. The van der Waals surface area contributed by atoms with E-state index in [9.17, 15) is 0 Å². The Balaban J connectivity index is 1.82. The Kier molecular flexibility index (Phi) is 4.40. The zero-order chi connectivity index (χ0) is 12.1. The molecule has 1 heterocycles. The molecule has 1 aromatic heterocycles. The lowest BCUT2D eigenvalue weighted by Crippen LogP contribution is -2.34. The molecule has 1 N–H and O–H groups in total. The van der Waals surface area contributed by atoms with Crippen molar-refractivity contribution in [1.29, 1.82) is 0 Å². The van der Waals surface area contributed by atoms with Gasteiger partial charge in [-0.15, -0.1) is 0 Å². The standard InChI is InChI=1S/C13H21N3S/c1-11-15-8-5-12(16-11)9-14-10-13(17-2)6-3-4-7-13/h5,8,14H,3-4,6-7,9-10H2,1-2H3. The van der Waals surface area contributed by atoms with Gasteiger partial charge in [0.05, 0.1) is 5.69 Å². The van der Waals surface area contributed by atoms with Crippen LogP contribution in [0.25, 0.3) is 0 Å². The third kappa shape index (κ3) is 3.42. The first-order chi connectivity index (χ1) is 8.24. The number of rotatable bonds is 5. The van der Waals surface area contributed by atoms with Crippen LogP contribution >= 0.6 is 11.8 Å². The molecule has 4 heteroatoms. The second-order valence-corrected chi connectivity index (χ2v) is 6.07. The van der Waals surface area contributed by atoms with E-state index in [1.165, 1.54) is 25.7 Å². The SMILES string of the molecule is CSC1(CNCc2ccnc(C)n2)CCCC1. The van der Waals surface area contributed by atoms with Gasteiger partial charge in [0, 0.05) is 24.0 Å². The first-order valence-electron chi connectivity index (χ1n) is 6.28. The summed E-state index contributed by atoms with van der Waals surface area (Å²) in [5, 5.41) is 3.55. The van der Waals surface area contributed by atoms with Crippen molar-refractivity contribution in [2.75, 3.05) is 12.8 Å². The van der Waals surface area contributed by atoms with Gasteiger partial charge in [-0.1, -0.05) is 12.8 Å². The molecule has 0 aromatic carbocycles. The molecule has 1 fully saturated rings. The molecule has 1 aromatic rings. The van der Waals surface area contributed by atoms with E-state index in [1.807, 2.05) is 30.9 Å². The van der Waals surface area contributed by atoms with Crippen LogP contribution in [-0.2, 0) is 6.54 Å². The maximum Gasteiger partial charge on any atom is 0.125 e. The summed E-state index contributed by atoms with van der Waals surface area (Å²) in [5.74, 6) is 0.852. The smallest absolute Gasteiger partial charge is 0.125 e. The fraction of sp³-hybridized carbons (Fsp3) is 0.692. The van der Waals surface area contributed by atoms with Gasteiger partial charge in [-0.25, -0.2) is 9.97 Å². The fourth-order valence-corrected chi connectivity index (χ4v) is 3.44. The molecule has 0 bridgehead atoms. The third-order valence-corrected chi connectivity index (χ3v) is 4.95.